The third kappa shape index (κ3) is 5.77. The molecule has 0 saturated heterocycles. The number of nitrogens with one attached hydrogen (secondary N) is 1. The number of amides is 1. The van der Waals surface area contributed by atoms with Crippen molar-refractivity contribution in [3.63, 3.8) is 0 Å². The number of carboxylic acid groups (broad SMARTS) is 1. The van der Waals surface area contributed by atoms with Crippen molar-refractivity contribution in [2.45, 2.75) is 51.0 Å². The molecule has 0 heterocycles. The van der Waals surface area contributed by atoms with Crippen LogP contribution in [0.5, 0.6) is 0 Å². The lowest BCUT2D eigenvalue weighted by Gasteiger charge is -2.36. The Labute approximate surface area is 145 Å². The highest BCUT2D eigenvalue weighted by Gasteiger charge is 2.35. The van der Waals surface area contributed by atoms with Gasteiger partial charge in [-0.15, -0.1) is 0 Å². The highest BCUT2D eigenvalue weighted by molar-refractivity contribution is 5.82. The Morgan fingerprint density at radius 2 is 1.76 bits per heavy atom. The highest BCUT2D eigenvalue weighted by Crippen LogP contribution is 2.38. The average molecular weight is 354 g/mol. The van der Waals surface area contributed by atoms with E-state index in [0.29, 0.717) is 5.56 Å². The van der Waals surface area contributed by atoms with Crippen LogP contribution in [0, 0.1) is 17.0 Å². The van der Waals surface area contributed by atoms with Crippen molar-refractivity contribution in [1.82, 2.24) is 5.32 Å². The van der Waals surface area contributed by atoms with Crippen LogP contribution in [-0.4, -0.2) is 29.6 Å². The molecule has 2 rings (SSSR count). The van der Waals surface area contributed by atoms with E-state index in [1.165, 1.54) is 0 Å². The zero-order valence-corrected chi connectivity index (χ0v) is 14.1. The molecule has 1 aromatic rings. The maximum Gasteiger partial charge on any atom is 0.303 e. The topological polar surface area (TPSA) is 92.4 Å². The molecule has 138 valence electrons. The van der Waals surface area contributed by atoms with E-state index in [1.807, 2.05) is 0 Å². The molecule has 7 heteroatoms. The van der Waals surface area contributed by atoms with Crippen molar-refractivity contribution in [2.75, 3.05) is 6.54 Å². The molecule has 1 amide bonds. The summed E-state index contributed by atoms with van der Waals surface area (Å²) in [5.41, 5.74) is 5.70. The fraction of sp³-hybridized carbons (Fsp3) is 0.556. The zero-order valence-electron chi connectivity index (χ0n) is 14.1. The number of benzene rings is 1. The molecule has 0 bridgehead atoms. The molecule has 4 N–H and O–H groups in total. The summed E-state index contributed by atoms with van der Waals surface area (Å²) >= 11 is 0. The first-order valence-electron chi connectivity index (χ1n) is 8.50. The average Bonchev–Trinajstić information content (AvgIpc) is 2.52. The molecule has 0 unspecified atom stereocenters. The third-order valence-electron chi connectivity index (χ3n) is 4.79. The second-order valence-electron chi connectivity index (χ2n) is 6.94. The number of carbonyl (C=O) groups excluding carboxylic acids is 1. The number of aliphatic carboxylic acids is 1. The minimum absolute atomic E-state index is 0.00639. The van der Waals surface area contributed by atoms with Gasteiger partial charge < -0.3 is 16.2 Å². The summed E-state index contributed by atoms with van der Waals surface area (Å²) in [5.74, 6) is -2.76. The van der Waals surface area contributed by atoms with Crippen LogP contribution in [0.25, 0.3) is 0 Å². The van der Waals surface area contributed by atoms with Crippen molar-refractivity contribution in [3.05, 3.63) is 35.4 Å². The molecule has 0 radical (unpaired) electrons. The van der Waals surface area contributed by atoms with E-state index in [-0.39, 0.29) is 19.4 Å². The molecule has 0 aromatic heterocycles. The molecular weight excluding hydrogens is 330 g/mol. The molecule has 0 aliphatic heterocycles. The van der Waals surface area contributed by atoms with Crippen molar-refractivity contribution >= 4 is 11.9 Å². The Morgan fingerprint density at radius 1 is 1.16 bits per heavy atom. The van der Waals surface area contributed by atoms with Gasteiger partial charge in [-0.05, 0) is 42.4 Å². The normalized spacial score (nSPS) is 17.7. The van der Waals surface area contributed by atoms with E-state index >= 15 is 0 Å². The van der Waals surface area contributed by atoms with Crippen LogP contribution in [-0.2, 0) is 16.0 Å². The summed E-state index contributed by atoms with van der Waals surface area (Å²) in [6, 6.07) is 2.09. The van der Waals surface area contributed by atoms with Gasteiger partial charge >= 0.3 is 5.97 Å². The smallest absolute Gasteiger partial charge is 0.303 e. The molecular formula is C18H24F2N2O3. The molecule has 1 aliphatic carbocycles. The third-order valence-corrected chi connectivity index (χ3v) is 4.79. The van der Waals surface area contributed by atoms with E-state index in [9.17, 15) is 18.4 Å². The summed E-state index contributed by atoms with van der Waals surface area (Å²) in [5, 5.41) is 11.9. The Kier molecular flexibility index (Phi) is 6.47. The summed E-state index contributed by atoms with van der Waals surface area (Å²) < 4.78 is 26.4. The van der Waals surface area contributed by atoms with Crippen molar-refractivity contribution in [3.8, 4) is 0 Å². The predicted octanol–water partition coefficient (Wildman–Crippen LogP) is 2.38. The van der Waals surface area contributed by atoms with Crippen LogP contribution < -0.4 is 11.1 Å². The van der Waals surface area contributed by atoms with Gasteiger partial charge in [0.25, 0.3) is 0 Å². The lowest BCUT2D eigenvalue weighted by atomic mass is 9.71. The number of hydrogen-bond acceptors (Lipinski definition) is 3. The van der Waals surface area contributed by atoms with Gasteiger partial charge in [-0.2, -0.15) is 0 Å². The number of carbonyl (C=O) groups is 2. The summed E-state index contributed by atoms with van der Waals surface area (Å²) in [7, 11) is 0. The number of halogens is 2. The van der Waals surface area contributed by atoms with Crippen LogP contribution in [0.1, 0.15) is 44.1 Å². The van der Waals surface area contributed by atoms with Gasteiger partial charge in [0.1, 0.15) is 11.6 Å². The summed E-state index contributed by atoms with van der Waals surface area (Å²) in [4.78, 5) is 23.4. The second kappa shape index (κ2) is 8.38. The van der Waals surface area contributed by atoms with Crippen molar-refractivity contribution in [2.24, 2.45) is 11.1 Å². The fourth-order valence-electron chi connectivity index (χ4n) is 3.52. The van der Waals surface area contributed by atoms with Gasteiger partial charge in [0.15, 0.2) is 0 Å². The maximum absolute atomic E-state index is 13.2. The second-order valence-corrected chi connectivity index (χ2v) is 6.94. The molecule has 1 aliphatic rings. The van der Waals surface area contributed by atoms with Gasteiger partial charge in [0, 0.05) is 12.6 Å². The van der Waals surface area contributed by atoms with Crippen molar-refractivity contribution < 1.29 is 23.5 Å². The molecule has 1 aromatic carbocycles. The van der Waals surface area contributed by atoms with E-state index in [1.54, 1.807) is 0 Å². The first kappa shape index (κ1) is 19.3. The Balaban J connectivity index is 1.94. The summed E-state index contributed by atoms with van der Waals surface area (Å²) in [6.45, 7) is 0.253. The van der Waals surface area contributed by atoms with E-state index < -0.39 is 35.0 Å². The SMILES string of the molecule is N[C@H](Cc1cc(F)cc(F)c1)C(=O)NCC1(CC(=O)O)CCCCC1. The van der Waals surface area contributed by atoms with Crippen LogP contribution in [0.15, 0.2) is 18.2 Å². The Morgan fingerprint density at radius 3 is 2.32 bits per heavy atom. The van der Waals surface area contributed by atoms with Crippen LogP contribution in [0.4, 0.5) is 8.78 Å². The molecule has 5 nitrogen and oxygen atoms in total. The van der Waals surface area contributed by atoms with Gasteiger partial charge in [-0.1, -0.05) is 19.3 Å². The number of carboxylic acids is 1. The van der Waals surface area contributed by atoms with Gasteiger partial charge in [0.2, 0.25) is 5.91 Å². The maximum atomic E-state index is 13.2. The molecule has 1 atom stereocenters. The largest absolute Gasteiger partial charge is 0.481 e. The van der Waals surface area contributed by atoms with Crippen LogP contribution >= 0.6 is 0 Å². The Hall–Kier alpha value is -2.02. The molecule has 1 fully saturated rings. The first-order valence-corrected chi connectivity index (χ1v) is 8.50. The molecule has 25 heavy (non-hydrogen) atoms. The first-order chi connectivity index (χ1) is 11.8. The standard InChI is InChI=1S/C18H24F2N2O3/c19-13-6-12(7-14(20)9-13)8-15(21)17(25)22-11-18(10-16(23)24)4-2-1-3-5-18/h6-7,9,15H,1-5,8,10-11,21H2,(H,22,25)(H,23,24)/t15-/m1/s1. The van der Waals surface area contributed by atoms with Gasteiger partial charge in [-0.3, -0.25) is 9.59 Å². The fourth-order valence-corrected chi connectivity index (χ4v) is 3.52. The van der Waals surface area contributed by atoms with E-state index in [0.717, 1.165) is 50.3 Å². The monoisotopic (exact) mass is 354 g/mol. The number of rotatable bonds is 7. The van der Waals surface area contributed by atoms with Crippen LogP contribution in [0.3, 0.4) is 0 Å². The zero-order chi connectivity index (χ0) is 18.4. The van der Waals surface area contributed by atoms with E-state index in [4.69, 9.17) is 10.8 Å². The minimum Gasteiger partial charge on any atom is -0.481 e. The minimum atomic E-state index is -0.952. The van der Waals surface area contributed by atoms with Gasteiger partial charge in [0.05, 0.1) is 12.5 Å². The summed E-state index contributed by atoms with van der Waals surface area (Å²) in [6.07, 6.45) is 4.48. The number of hydrogen-bond donors (Lipinski definition) is 3. The lowest BCUT2D eigenvalue weighted by Crippen LogP contribution is -2.47. The van der Waals surface area contributed by atoms with Gasteiger partial charge in [-0.25, -0.2) is 8.78 Å². The Bertz CT molecular complexity index is 610. The molecule has 0 spiro atoms. The lowest BCUT2D eigenvalue weighted by molar-refractivity contribution is -0.140. The van der Waals surface area contributed by atoms with Crippen LogP contribution in [0.2, 0.25) is 0 Å². The highest BCUT2D eigenvalue weighted by atomic mass is 19.1. The molecule has 1 saturated carbocycles. The van der Waals surface area contributed by atoms with E-state index in [2.05, 4.69) is 5.32 Å². The van der Waals surface area contributed by atoms with Crippen molar-refractivity contribution in [1.29, 1.82) is 0 Å². The number of nitrogens with two attached hydrogens (primary N) is 1. The predicted molar refractivity (Wildman–Crippen MR) is 88.8 cm³/mol. The quantitative estimate of drug-likeness (QED) is 0.701.